The highest BCUT2D eigenvalue weighted by atomic mass is 16.7. The number of ether oxygens (including phenoxy) is 2. The van der Waals surface area contributed by atoms with E-state index in [-0.39, 0.29) is 12.1 Å². The molecule has 4 heteroatoms. The maximum atomic E-state index is 9.20. The summed E-state index contributed by atoms with van der Waals surface area (Å²) in [7, 11) is 0. The fourth-order valence-corrected chi connectivity index (χ4v) is 1.65. The highest BCUT2D eigenvalue weighted by molar-refractivity contribution is 5.45. The second-order valence-electron chi connectivity index (χ2n) is 4.09. The van der Waals surface area contributed by atoms with Gasteiger partial charge in [0, 0.05) is 12.6 Å². The summed E-state index contributed by atoms with van der Waals surface area (Å²) in [5.41, 5.74) is 1.13. The maximum Gasteiger partial charge on any atom is 0.231 e. The van der Waals surface area contributed by atoms with Crippen molar-refractivity contribution in [2.75, 3.05) is 13.3 Å². The molecule has 0 amide bonds. The fourth-order valence-electron chi connectivity index (χ4n) is 1.65. The highest BCUT2D eigenvalue weighted by Gasteiger charge is 2.15. The van der Waals surface area contributed by atoms with Crippen LogP contribution in [-0.2, 0) is 0 Å². The smallest absolute Gasteiger partial charge is 0.231 e. The van der Waals surface area contributed by atoms with Crippen LogP contribution in [0, 0.1) is 0 Å². The molecule has 1 aliphatic heterocycles. The summed E-state index contributed by atoms with van der Waals surface area (Å²) >= 11 is 0. The Balaban J connectivity index is 2.03. The second kappa shape index (κ2) is 4.72. The van der Waals surface area contributed by atoms with E-state index in [0.29, 0.717) is 13.3 Å². The molecule has 0 spiro atoms. The molecule has 1 unspecified atom stereocenters. The number of nitrogens with one attached hydrogen (secondary N) is 1. The van der Waals surface area contributed by atoms with E-state index in [1.165, 1.54) is 0 Å². The van der Waals surface area contributed by atoms with Gasteiger partial charge in [0.25, 0.3) is 0 Å². The lowest BCUT2D eigenvalue weighted by molar-refractivity contribution is 0.174. The summed E-state index contributed by atoms with van der Waals surface area (Å²) in [6.07, 6.45) is -0.337. The summed E-state index contributed by atoms with van der Waals surface area (Å²) in [6.45, 7) is 4.70. The normalized spacial score (nSPS) is 17.2. The van der Waals surface area contributed by atoms with Crippen molar-refractivity contribution in [3.05, 3.63) is 23.8 Å². The van der Waals surface area contributed by atoms with Crippen LogP contribution >= 0.6 is 0 Å². The highest BCUT2D eigenvalue weighted by Crippen LogP contribution is 2.33. The average molecular weight is 223 g/mol. The quantitative estimate of drug-likeness (QED) is 0.811. The first kappa shape index (κ1) is 11.2. The second-order valence-corrected chi connectivity index (χ2v) is 4.09. The summed E-state index contributed by atoms with van der Waals surface area (Å²) in [6, 6.07) is 6.08. The Bertz CT molecular complexity index is 365. The standard InChI is InChI=1S/C12H17NO3/c1-8(14)6-13-9(2)10-3-4-11-12(5-10)16-7-15-11/h3-5,8-9,13-14H,6-7H2,1-2H3/t8-,9?/m0/s1. The van der Waals surface area contributed by atoms with E-state index in [9.17, 15) is 5.11 Å². The predicted molar refractivity (Wildman–Crippen MR) is 60.7 cm³/mol. The van der Waals surface area contributed by atoms with Crippen molar-refractivity contribution >= 4 is 0 Å². The first-order chi connectivity index (χ1) is 7.66. The van der Waals surface area contributed by atoms with Crippen LogP contribution in [-0.4, -0.2) is 24.5 Å². The topological polar surface area (TPSA) is 50.7 Å². The van der Waals surface area contributed by atoms with Crippen molar-refractivity contribution in [3.63, 3.8) is 0 Å². The van der Waals surface area contributed by atoms with E-state index in [1.54, 1.807) is 6.92 Å². The fraction of sp³-hybridized carbons (Fsp3) is 0.500. The third-order valence-corrected chi connectivity index (χ3v) is 2.62. The molecule has 0 aliphatic carbocycles. The van der Waals surface area contributed by atoms with E-state index in [0.717, 1.165) is 17.1 Å². The molecule has 1 aliphatic rings. The Labute approximate surface area is 95.2 Å². The van der Waals surface area contributed by atoms with Crippen LogP contribution in [0.5, 0.6) is 11.5 Å². The molecular weight excluding hydrogens is 206 g/mol. The van der Waals surface area contributed by atoms with Gasteiger partial charge < -0.3 is 19.9 Å². The van der Waals surface area contributed by atoms with Crippen molar-refractivity contribution in [2.45, 2.75) is 26.0 Å². The zero-order chi connectivity index (χ0) is 11.5. The lowest BCUT2D eigenvalue weighted by Gasteiger charge is -2.15. The number of hydrogen-bond donors (Lipinski definition) is 2. The molecule has 0 aromatic heterocycles. The molecule has 0 bridgehead atoms. The number of hydrogen-bond acceptors (Lipinski definition) is 4. The first-order valence-electron chi connectivity index (χ1n) is 5.48. The van der Waals surface area contributed by atoms with Gasteiger partial charge in [0.1, 0.15) is 0 Å². The van der Waals surface area contributed by atoms with Crippen LogP contribution in [0.15, 0.2) is 18.2 Å². The van der Waals surface area contributed by atoms with Gasteiger partial charge in [0.2, 0.25) is 6.79 Å². The van der Waals surface area contributed by atoms with Crippen LogP contribution in [0.25, 0.3) is 0 Å². The molecule has 1 heterocycles. The molecule has 1 aromatic carbocycles. The van der Waals surface area contributed by atoms with Crippen molar-refractivity contribution in [2.24, 2.45) is 0 Å². The Morgan fingerprint density at radius 1 is 1.31 bits per heavy atom. The van der Waals surface area contributed by atoms with Gasteiger partial charge in [-0.15, -0.1) is 0 Å². The number of rotatable bonds is 4. The first-order valence-corrected chi connectivity index (χ1v) is 5.48. The summed E-state index contributed by atoms with van der Waals surface area (Å²) in [5, 5.41) is 12.4. The monoisotopic (exact) mass is 223 g/mol. The van der Waals surface area contributed by atoms with E-state index in [4.69, 9.17) is 9.47 Å². The number of aliphatic hydroxyl groups excluding tert-OH is 1. The van der Waals surface area contributed by atoms with Crippen molar-refractivity contribution in [1.29, 1.82) is 0 Å². The van der Waals surface area contributed by atoms with E-state index in [2.05, 4.69) is 12.2 Å². The molecule has 0 radical (unpaired) electrons. The van der Waals surface area contributed by atoms with Crippen molar-refractivity contribution < 1.29 is 14.6 Å². The molecule has 0 fully saturated rings. The molecule has 0 saturated heterocycles. The number of aliphatic hydroxyl groups is 1. The minimum Gasteiger partial charge on any atom is -0.454 e. The van der Waals surface area contributed by atoms with Gasteiger partial charge in [-0.2, -0.15) is 0 Å². The molecule has 2 atom stereocenters. The van der Waals surface area contributed by atoms with Crippen molar-refractivity contribution in [3.8, 4) is 11.5 Å². The van der Waals surface area contributed by atoms with Gasteiger partial charge in [0.15, 0.2) is 11.5 Å². The van der Waals surface area contributed by atoms with Gasteiger partial charge in [0.05, 0.1) is 6.10 Å². The zero-order valence-electron chi connectivity index (χ0n) is 9.56. The van der Waals surface area contributed by atoms with Crippen LogP contribution in [0.3, 0.4) is 0 Å². The Morgan fingerprint density at radius 2 is 2.06 bits per heavy atom. The number of fused-ring (bicyclic) bond motifs is 1. The SMILES string of the molecule is CC(NC[C@H](C)O)c1ccc2c(c1)OCO2. The molecule has 88 valence electrons. The predicted octanol–water partition coefficient (Wildman–Crippen LogP) is 1.45. The van der Waals surface area contributed by atoms with Crippen LogP contribution in [0.1, 0.15) is 25.5 Å². The minimum atomic E-state index is -0.337. The Kier molecular flexibility index (Phi) is 3.31. The molecule has 16 heavy (non-hydrogen) atoms. The van der Waals surface area contributed by atoms with Gasteiger partial charge in [-0.05, 0) is 31.5 Å². The lowest BCUT2D eigenvalue weighted by atomic mass is 10.1. The van der Waals surface area contributed by atoms with Gasteiger partial charge in [-0.3, -0.25) is 0 Å². The van der Waals surface area contributed by atoms with Gasteiger partial charge in [-0.25, -0.2) is 0 Å². The third-order valence-electron chi connectivity index (χ3n) is 2.62. The molecule has 2 rings (SSSR count). The van der Waals surface area contributed by atoms with Crippen LogP contribution < -0.4 is 14.8 Å². The van der Waals surface area contributed by atoms with Gasteiger partial charge in [-0.1, -0.05) is 6.07 Å². The van der Waals surface area contributed by atoms with E-state index < -0.39 is 0 Å². The molecule has 0 saturated carbocycles. The largest absolute Gasteiger partial charge is 0.454 e. The molecule has 1 aromatic rings. The van der Waals surface area contributed by atoms with Crippen LogP contribution in [0.2, 0.25) is 0 Å². The van der Waals surface area contributed by atoms with E-state index >= 15 is 0 Å². The summed E-state index contributed by atoms with van der Waals surface area (Å²) in [4.78, 5) is 0. The molecule has 4 nitrogen and oxygen atoms in total. The Hall–Kier alpha value is -1.26. The summed E-state index contributed by atoms with van der Waals surface area (Å²) < 4.78 is 10.6. The van der Waals surface area contributed by atoms with E-state index in [1.807, 2.05) is 18.2 Å². The van der Waals surface area contributed by atoms with Crippen molar-refractivity contribution in [1.82, 2.24) is 5.32 Å². The Morgan fingerprint density at radius 3 is 2.81 bits per heavy atom. The summed E-state index contributed by atoms with van der Waals surface area (Å²) in [5.74, 6) is 1.59. The maximum absolute atomic E-state index is 9.20. The third kappa shape index (κ3) is 2.46. The van der Waals surface area contributed by atoms with Crippen LogP contribution in [0.4, 0.5) is 0 Å². The van der Waals surface area contributed by atoms with Gasteiger partial charge >= 0.3 is 0 Å². The molecular formula is C12H17NO3. The lowest BCUT2D eigenvalue weighted by Crippen LogP contribution is -2.27. The number of benzene rings is 1. The molecule has 2 N–H and O–H groups in total. The minimum absolute atomic E-state index is 0.184. The zero-order valence-corrected chi connectivity index (χ0v) is 9.56. The average Bonchev–Trinajstić information content (AvgIpc) is 2.72.